The molecular weight excluding hydrogens is 194 g/mol. The highest BCUT2D eigenvalue weighted by Gasteiger charge is 2.27. The van der Waals surface area contributed by atoms with Crippen molar-refractivity contribution >= 4 is 0 Å². The number of hydrogen-bond acceptors (Lipinski definition) is 1. The van der Waals surface area contributed by atoms with Gasteiger partial charge in [0.05, 0.1) is 0 Å². The summed E-state index contributed by atoms with van der Waals surface area (Å²) in [5.74, 6) is 1.53. The summed E-state index contributed by atoms with van der Waals surface area (Å²) >= 11 is 0. The van der Waals surface area contributed by atoms with E-state index in [1.54, 1.807) is 11.1 Å². The van der Waals surface area contributed by atoms with Gasteiger partial charge in [0.1, 0.15) is 0 Å². The summed E-state index contributed by atoms with van der Waals surface area (Å²) in [4.78, 5) is 0. The average molecular weight is 217 g/mol. The molecule has 1 N–H and O–H groups in total. The van der Waals surface area contributed by atoms with Crippen LogP contribution in [-0.4, -0.2) is 13.1 Å². The Kier molecular flexibility index (Phi) is 4.00. The molecule has 0 saturated carbocycles. The van der Waals surface area contributed by atoms with Crippen molar-refractivity contribution in [2.75, 3.05) is 13.1 Å². The van der Waals surface area contributed by atoms with Gasteiger partial charge in [-0.05, 0) is 48.9 Å². The summed E-state index contributed by atoms with van der Waals surface area (Å²) in [5, 5.41) is 3.59. The molecule has 88 valence electrons. The highest BCUT2D eigenvalue weighted by atomic mass is 14.9. The lowest BCUT2D eigenvalue weighted by Gasteiger charge is -2.16. The van der Waals surface area contributed by atoms with E-state index in [0.717, 1.165) is 11.8 Å². The topological polar surface area (TPSA) is 12.0 Å². The second-order valence-electron chi connectivity index (χ2n) is 5.01. The minimum atomic E-state index is 0.727. The van der Waals surface area contributed by atoms with Crippen molar-refractivity contribution in [2.24, 2.45) is 5.92 Å². The first-order valence-corrected chi connectivity index (χ1v) is 6.61. The summed E-state index contributed by atoms with van der Waals surface area (Å²) in [5.41, 5.74) is 3.14. The Balaban J connectivity index is 1.87. The van der Waals surface area contributed by atoms with Gasteiger partial charge in [-0.2, -0.15) is 0 Å². The van der Waals surface area contributed by atoms with Gasteiger partial charge in [0, 0.05) is 0 Å². The quantitative estimate of drug-likeness (QED) is 0.746. The average Bonchev–Trinajstić information content (AvgIpc) is 2.63. The predicted octanol–water partition coefficient (Wildman–Crippen LogP) is 3.35. The van der Waals surface area contributed by atoms with Crippen LogP contribution < -0.4 is 5.32 Å². The molecule has 0 fully saturated rings. The molecule has 0 saturated heterocycles. The van der Waals surface area contributed by atoms with Gasteiger partial charge in [0.2, 0.25) is 0 Å². The smallest absolute Gasteiger partial charge is 0.00116 e. The van der Waals surface area contributed by atoms with Crippen molar-refractivity contribution in [2.45, 2.75) is 39.0 Å². The first-order valence-electron chi connectivity index (χ1n) is 6.61. The van der Waals surface area contributed by atoms with Gasteiger partial charge in [-0.25, -0.2) is 0 Å². The van der Waals surface area contributed by atoms with Crippen LogP contribution in [0.15, 0.2) is 24.3 Å². The fourth-order valence-electron chi connectivity index (χ4n) is 2.72. The van der Waals surface area contributed by atoms with Crippen LogP contribution in [0.3, 0.4) is 0 Å². The zero-order valence-corrected chi connectivity index (χ0v) is 10.5. The number of benzene rings is 1. The fourth-order valence-corrected chi connectivity index (χ4v) is 2.72. The van der Waals surface area contributed by atoms with Crippen molar-refractivity contribution < 1.29 is 0 Å². The minimum Gasteiger partial charge on any atom is -0.316 e. The Morgan fingerprint density at radius 1 is 1.31 bits per heavy atom. The molecule has 0 aromatic heterocycles. The fraction of sp³-hybridized carbons (Fsp3) is 0.600. The molecule has 0 bridgehead atoms. The van der Waals surface area contributed by atoms with Crippen LogP contribution >= 0.6 is 0 Å². The third kappa shape index (κ3) is 2.46. The molecule has 1 heteroatoms. The lowest BCUT2D eigenvalue weighted by atomic mass is 9.94. The minimum absolute atomic E-state index is 0.727. The van der Waals surface area contributed by atoms with E-state index >= 15 is 0 Å². The van der Waals surface area contributed by atoms with E-state index in [4.69, 9.17) is 0 Å². The van der Waals surface area contributed by atoms with E-state index in [0.29, 0.717) is 0 Å². The van der Waals surface area contributed by atoms with Crippen molar-refractivity contribution in [1.82, 2.24) is 5.32 Å². The predicted molar refractivity (Wildman–Crippen MR) is 69.8 cm³/mol. The van der Waals surface area contributed by atoms with Gasteiger partial charge in [-0.3, -0.25) is 0 Å². The van der Waals surface area contributed by atoms with Crippen molar-refractivity contribution in [1.29, 1.82) is 0 Å². The molecule has 0 amide bonds. The van der Waals surface area contributed by atoms with E-state index in [-0.39, 0.29) is 0 Å². The van der Waals surface area contributed by atoms with Gasteiger partial charge >= 0.3 is 0 Å². The molecule has 0 spiro atoms. The lowest BCUT2D eigenvalue weighted by Crippen LogP contribution is -2.25. The van der Waals surface area contributed by atoms with Crippen LogP contribution in [0.4, 0.5) is 0 Å². The Bertz CT molecular complexity index is 332. The van der Waals surface area contributed by atoms with Crippen LogP contribution in [0.2, 0.25) is 0 Å². The Labute approximate surface area is 99.3 Å². The molecule has 0 aliphatic heterocycles. The van der Waals surface area contributed by atoms with Crippen LogP contribution in [0.25, 0.3) is 0 Å². The molecule has 1 aromatic carbocycles. The first kappa shape index (κ1) is 11.7. The molecule has 1 aliphatic carbocycles. The van der Waals surface area contributed by atoms with Crippen molar-refractivity contribution in [3.8, 4) is 0 Å². The van der Waals surface area contributed by atoms with Gasteiger partial charge in [-0.1, -0.05) is 44.5 Å². The molecule has 16 heavy (non-hydrogen) atoms. The summed E-state index contributed by atoms with van der Waals surface area (Å²) < 4.78 is 0. The van der Waals surface area contributed by atoms with Crippen molar-refractivity contribution in [3.63, 3.8) is 0 Å². The monoisotopic (exact) mass is 217 g/mol. The summed E-state index contributed by atoms with van der Waals surface area (Å²) in [6, 6.07) is 8.92. The van der Waals surface area contributed by atoms with Gasteiger partial charge in [0.25, 0.3) is 0 Å². The molecule has 2 rings (SSSR count). The Morgan fingerprint density at radius 3 is 2.88 bits per heavy atom. The molecule has 2 atom stereocenters. The van der Waals surface area contributed by atoms with E-state index in [1.165, 1.54) is 32.4 Å². The third-order valence-corrected chi connectivity index (χ3v) is 3.85. The zero-order valence-electron chi connectivity index (χ0n) is 10.5. The van der Waals surface area contributed by atoms with E-state index in [1.807, 2.05) is 0 Å². The highest BCUT2D eigenvalue weighted by molar-refractivity contribution is 5.35. The Morgan fingerprint density at radius 2 is 2.12 bits per heavy atom. The normalized spacial score (nSPS) is 23.4. The molecule has 1 nitrogen and oxygen atoms in total. The maximum atomic E-state index is 3.59. The molecule has 1 aromatic rings. The SMILES string of the molecule is CCCCNC[C@H]1Cc2ccccc2[C@H]1C. The highest BCUT2D eigenvalue weighted by Crippen LogP contribution is 2.36. The molecular formula is C15H23N. The maximum absolute atomic E-state index is 3.59. The zero-order chi connectivity index (χ0) is 11.4. The number of rotatable bonds is 5. The Hall–Kier alpha value is -0.820. The second kappa shape index (κ2) is 5.49. The lowest BCUT2D eigenvalue weighted by molar-refractivity contribution is 0.440. The van der Waals surface area contributed by atoms with E-state index in [9.17, 15) is 0 Å². The van der Waals surface area contributed by atoms with Crippen LogP contribution in [-0.2, 0) is 6.42 Å². The van der Waals surface area contributed by atoms with E-state index in [2.05, 4.69) is 43.4 Å². The first-order chi connectivity index (χ1) is 7.83. The third-order valence-electron chi connectivity index (χ3n) is 3.85. The molecule has 0 unspecified atom stereocenters. The molecule has 0 radical (unpaired) electrons. The van der Waals surface area contributed by atoms with Gasteiger partial charge < -0.3 is 5.32 Å². The largest absolute Gasteiger partial charge is 0.316 e. The standard InChI is InChI=1S/C15H23N/c1-3-4-9-16-11-14-10-13-7-5-6-8-15(13)12(14)2/h5-8,12,14,16H,3-4,9-11H2,1-2H3/t12-,14+/m0/s1. The van der Waals surface area contributed by atoms with Gasteiger partial charge in [0.15, 0.2) is 0 Å². The van der Waals surface area contributed by atoms with Gasteiger partial charge in [-0.15, -0.1) is 0 Å². The van der Waals surface area contributed by atoms with Crippen LogP contribution in [0, 0.1) is 5.92 Å². The van der Waals surface area contributed by atoms with Crippen LogP contribution in [0.5, 0.6) is 0 Å². The second-order valence-corrected chi connectivity index (χ2v) is 5.01. The number of nitrogens with one attached hydrogen (secondary N) is 1. The number of hydrogen-bond donors (Lipinski definition) is 1. The molecule has 1 aliphatic rings. The summed E-state index contributed by atoms with van der Waals surface area (Å²) in [6.45, 7) is 6.97. The summed E-state index contributed by atoms with van der Waals surface area (Å²) in [7, 11) is 0. The summed E-state index contributed by atoms with van der Waals surface area (Å²) in [6.07, 6.45) is 3.85. The maximum Gasteiger partial charge on any atom is -0.00116 e. The van der Waals surface area contributed by atoms with Crippen LogP contribution in [0.1, 0.15) is 43.7 Å². The number of fused-ring (bicyclic) bond motifs is 1. The van der Waals surface area contributed by atoms with Crippen molar-refractivity contribution in [3.05, 3.63) is 35.4 Å². The number of unbranched alkanes of at least 4 members (excludes halogenated alkanes) is 1. The van der Waals surface area contributed by atoms with E-state index < -0.39 is 0 Å². The molecule has 0 heterocycles.